The molecule has 0 unspecified atom stereocenters. The molecule has 142 valence electrons. The number of hydrogen-bond acceptors (Lipinski definition) is 7. The summed E-state index contributed by atoms with van der Waals surface area (Å²) in [5.41, 5.74) is 1.28. The van der Waals surface area contributed by atoms with Gasteiger partial charge in [0.2, 0.25) is 0 Å². The van der Waals surface area contributed by atoms with E-state index in [9.17, 15) is 9.90 Å². The number of carboxylic acids is 1. The summed E-state index contributed by atoms with van der Waals surface area (Å²) in [5, 5.41) is 16.1. The van der Waals surface area contributed by atoms with E-state index in [1.54, 1.807) is 37.1 Å². The van der Waals surface area contributed by atoms with E-state index >= 15 is 0 Å². The van der Waals surface area contributed by atoms with Gasteiger partial charge in [-0.3, -0.25) is 4.68 Å². The molecule has 0 radical (unpaired) electrons. The van der Waals surface area contributed by atoms with E-state index in [1.807, 2.05) is 12.1 Å². The van der Waals surface area contributed by atoms with Crippen LogP contribution >= 0.6 is 0 Å². The fourth-order valence-electron chi connectivity index (χ4n) is 2.92. The second-order valence-corrected chi connectivity index (χ2v) is 5.71. The monoisotopic (exact) mass is 371 g/mol. The largest absolute Gasteiger partial charge is 0.543 e. The van der Waals surface area contributed by atoms with Crippen molar-refractivity contribution in [3.63, 3.8) is 0 Å². The average molecular weight is 371 g/mol. The molecule has 3 rings (SSSR count). The smallest absolute Gasteiger partial charge is 0.162 e. The molecule has 0 aliphatic rings. The fourth-order valence-corrected chi connectivity index (χ4v) is 2.92. The van der Waals surface area contributed by atoms with Gasteiger partial charge in [0.05, 0.1) is 46.5 Å². The molecule has 2 aromatic carbocycles. The van der Waals surface area contributed by atoms with Crippen LogP contribution in [0.2, 0.25) is 0 Å². The van der Waals surface area contributed by atoms with E-state index in [0.29, 0.717) is 40.4 Å². The number of ether oxygens (including phenoxy) is 4. The first-order valence-corrected chi connectivity index (χ1v) is 8.07. The lowest BCUT2D eigenvalue weighted by Gasteiger charge is -2.11. The molecule has 3 aromatic rings. The van der Waals surface area contributed by atoms with E-state index < -0.39 is 5.97 Å². The Labute approximate surface area is 155 Å². The average Bonchev–Trinajstić information content (AvgIpc) is 3.04. The Balaban J connectivity index is 2.12. The zero-order valence-corrected chi connectivity index (χ0v) is 15.4. The number of nitrogens with zero attached hydrogens (tertiary/aromatic N) is 2. The van der Waals surface area contributed by atoms with Gasteiger partial charge in [-0.15, -0.1) is 0 Å². The molecule has 0 aliphatic carbocycles. The highest BCUT2D eigenvalue weighted by Crippen LogP contribution is 2.34. The van der Waals surface area contributed by atoms with Crippen molar-refractivity contribution < 1.29 is 28.8 Å². The van der Waals surface area contributed by atoms with Gasteiger partial charge < -0.3 is 28.8 Å². The Morgan fingerprint density at radius 3 is 2.11 bits per heavy atom. The van der Waals surface area contributed by atoms with Gasteiger partial charge >= 0.3 is 0 Å². The van der Waals surface area contributed by atoms with Crippen molar-refractivity contribution in [3.8, 4) is 23.0 Å². The molecule has 8 nitrogen and oxygen atoms in total. The predicted octanol–water partition coefficient (Wildman–Crippen LogP) is 1.48. The van der Waals surface area contributed by atoms with E-state index in [0.717, 1.165) is 5.56 Å². The van der Waals surface area contributed by atoms with Crippen molar-refractivity contribution in [3.05, 3.63) is 41.6 Å². The minimum atomic E-state index is -1.36. The molecule has 0 spiro atoms. The zero-order chi connectivity index (χ0) is 19.6. The highest BCUT2D eigenvalue weighted by Gasteiger charge is 2.17. The van der Waals surface area contributed by atoms with E-state index in [-0.39, 0.29) is 5.69 Å². The van der Waals surface area contributed by atoms with Crippen LogP contribution in [0.4, 0.5) is 0 Å². The highest BCUT2D eigenvalue weighted by atomic mass is 16.5. The summed E-state index contributed by atoms with van der Waals surface area (Å²) in [6, 6.07) is 8.72. The van der Waals surface area contributed by atoms with Crippen LogP contribution in [0.1, 0.15) is 16.1 Å². The van der Waals surface area contributed by atoms with Gasteiger partial charge in [-0.05, 0) is 23.8 Å². The summed E-state index contributed by atoms with van der Waals surface area (Å²) in [6.07, 6.45) is 0. The molecule has 0 bridgehead atoms. The van der Waals surface area contributed by atoms with Crippen molar-refractivity contribution in [2.24, 2.45) is 0 Å². The molecule has 0 fully saturated rings. The second kappa shape index (κ2) is 7.45. The minimum Gasteiger partial charge on any atom is -0.543 e. The minimum absolute atomic E-state index is 0.161. The van der Waals surface area contributed by atoms with Crippen molar-refractivity contribution in [1.82, 2.24) is 9.78 Å². The van der Waals surface area contributed by atoms with E-state index in [2.05, 4.69) is 5.10 Å². The maximum Gasteiger partial charge on any atom is 0.162 e. The normalized spacial score (nSPS) is 10.7. The van der Waals surface area contributed by atoms with Crippen LogP contribution in [0.5, 0.6) is 23.0 Å². The number of carbonyl (C=O) groups is 1. The molecule has 27 heavy (non-hydrogen) atoms. The van der Waals surface area contributed by atoms with E-state index in [1.165, 1.54) is 14.2 Å². The molecule has 0 amide bonds. The third-order valence-electron chi connectivity index (χ3n) is 4.23. The lowest BCUT2D eigenvalue weighted by Crippen LogP contribution is -2.23. The number of carboxylic acid groups (broad SMARTS) is 1. The number of benzene rings is 2. The van der Waals surface area contributed by atoms with Crippen LogP contribution in [0.15, 0.2) is 30.3 Å². The molecule has 1 aromatic heterocycles. The Hall–Kier alpha value is -3.42. The molecule has 0 N–H and O–H groups in total. The maximum absolute atomic E-state index is 11.5. The van der Waals surface area contributed by atoms with Crippen molar-refractivity contribution in [2.75, 3.05) is 28.4 Å². The van der Waals surface area contributed by atoms with Crippen LogP contribution in [-0.4, -0.2) is 44.2 Å². The molecule has 0 saturated carbocycles. The lowest BCUT2D eigenvalue weighted by molar-refractivity contribution is -0.255. The van der Waals surface area contributed by atoms with Crippen molar-refractivity contribution in [2.45, 2.75) is 6.54 Å². The fraction of sp³-hybridized carbons (Fsp3) is 0.263. The summed E-state index contributed by atoms with van der Waals surface area (Å²) < 4.78 is 22.7. The zero-order valence-electron chi connectivity index (χ0n) is 15.4. The topological polar surface area (TPSA) is 94.9 Å². The number of aromatic carboxylic acids is 1. The Kier molecular flexibility index (Phi) is 5.07. The quantitative estimate of drug-likeness (QED) is 0.621. The number of hydrogen-bond donors (Lipinski definition) is 0. The van der Waals surface area contributed by atoms with Crippen LogP contribution < -0.4 is 24.1 Å². The van der Waals surface area contributed by atoms with Gasteiger partial charge in [-0.2, -0.15) is 5.10 Å². The molecular weight excluding hydrogens is 352 g/mol. The first-order valence-electron chi connectivity index (χ1n) is 8.07. The highest BCUT2D eigenvalue weighted by molar-refractivity contribution is 6.01. The Bertz CT molecular complexity index is 996. The number of fused-ring (bicyclic) bond motifs is 1. The number of methoxy groups -OCH3 is 4. The van der Waals surface area contributed by atoms with Gasteiger partial charge in [0.25, 0.3) is 0 Å². The number of aromatic nitrogens is 2. The molecule has 8 heteroatoms. The SMILES string of the molecule is COc1ccc(Cn2nc(C(=O)[O-])c3cc(OC)c(OC)cc32)cc1OC. The van der Waals surface area contributed by atoms with Gasteiger partial charge in [-0.1, -0.05) is 6.07 Å². The Morgan fingerprint density at radius 2 is 1.52 bits per heavy atom. The third-order valence-corrected chi connectivity index (χ3v) is 4.23. The summed E-state index contributed by atoms with van der Waals surface area (Å²) in [4.78, 5) is 11.5. The van der Waals surface area contributed by atoms with Crippen LogP contribution in [0.3, 0.4) is 0 Å². The van der Waals surface area contributed by atoms with Gasteiger partial charge in [-0.25, -0.2) is 0 Å². The summed E-state index contributed by atoms with van der Waals surface area (Å²) in [7, 11) is 6.11. The molecule has 1 heterocycles. The van der Waals surface area contributed by atoms with Gasteiger partial charge in [0.15, 0.2) is 23.0 Å². The first-order chi connectivity index (χ1) is 13.0. The maximum atomic E-state index is 11.5. The molecular formula is C19H19N2O6-. The van der Waals surface area contributed by atoms with Crippen molar-refractivity contribution in [1.29, 1.82) is 0 Å². The standard InChI is InChI=1S/C19H20N2O6/c1-24-14-6-5-11(7-15(14)25-2)10-21-13-9-17(27-4)16(26-3)8-12(13)18(20-21)19(22)23/h5-9H,10H2,1-4H3,(H,22,23)/p-1. The number of carbonyl (C=O) groups excluding carboxylic acids is 1. The second-order valence-electron chi connectivity index (χ2n) is 5.71. The number of rotatable bonds is 7. The van der Waals surface area contributed by atoms with E-state index in [4.69, 9.17) is 18.9 Å². The summed E-state index contributed by atoms with van der Waals surface area (Å²) in [6.45, 7) is 0.319. The predicted molar refractivity (Wildman–Crippen MR) is 95.8 cm³/mol. The van der Waals surface area contributed by atoms with Crippen LogP contribution in [0.25, 0.3) is 10.9 Å². The first kappa shape index (κ1) is 18.4. The molecule has 0 atom stereocenters. The van der Waals surface area contributed by atoms with Gasteiger partial charge in [0.1, 0.15) is 5.69 Å². The lowest BCUT2D eigenvalue weighted by atomic mass is 10.1. The summed E-state index contributed by atoms with van der Waals surface area (Å²) >= 11 is 0. The van der Waals surface area contributed by atoms with Crippen LogP contribution in [0, 0.1) is 0 Å². The third kappa shape index (κ3) is 3.33. The van der Waals surface area contributed by atoms with Crippen molar-refractivity contribution >= 4 is 16.9 Å². The van der Waals surface area contributed by atoms with Crippen LogP contribution in [-0.2, 0) is 6.54 Å². The molecule has 0 saturated heterocycles. The summed E-state index contributed by atoms with van der Waals surface area (Å²) in [5.74, 6) is 0.707. The molecule has 0 aliphatic heterocycles. The Morgan fingerprint density at radius 1 is 0.926 bits per heavy atom. The van der Waals surface area contributed by atoms with Gasteiger partial charge in [0, 0.05) is 11.5 Å².